The van der Waals surface area contributed by atoms with Crippen LogP contribution < -0.4 is 0 Å². The van der Waals surface area contributed by atoms with Crippen molar-refractivity contribution in [2.75, 3.05) is 6.61 Å². The summed E-state index contributed by atoms with van der Waals surface area (Å²) in [5, 5.41) is 13.3. The molecular formula is C18H27N3O. The first-order valence-electron chi connectivity index (χ1n) is 7.78. The molecule has 0 radical (unpaired) electrons. The van der Waals surface area contributed by atoms with Crippen molar-refractivity contribution in [2.45, 2.75) is 58.9 Å². The van der Waals surface area contributed by atoms with Crippen molar-refractivity contribution in [2.24, 2.45) is 0 Å². The third-order valence-corrected chi connectivity index (χ3v) is 3.65. The summed E-state index contributed by atoms with van der Waals surface area (Å²) in [7, 11) is 0. The van der Waals surface area contributed by atoms with Gasteiger partial charge in [0.25, 0.3) is 0 Å². The van der Waals surface area contributed by atoms with Crippen LogP contribution in [0.4, 0.5) is 0 Å². The molecule has 0 aliphatic heterocycles. The number of hydrogen-bond donors (Lipinski definition) is 1. The van der Waals surface area contributed by atoms with E-state index in [1.165, 1.54) is 0 Å². The van der Waals surface area contributed by atoms with Gasteiger partial charge >= 0.3 is 0 Å². The zero-order valence-electron chi connectivity index (χ0n) is 14.5. The van der Waals surface area contributed by atoms with Crippen LogP contribution >= 0.6 is 0 Å². The Morgan fingerprint density at radius 2 is 1.73 bits per heavy atom. The van der Waals surface area contributed by atoms with Crippen LogP contribution in [0.5, 0.6) is 0 Å². The Labute approximate surface area is 133 Å². The molecule has 1 N–H and O–H groups in total. The molecule has 0 saturated heterocycles. The van der Waals surface area contributed by atoms with Crippen LogP contribution in [-0.2, 0) is 17.4 Å². The van der Waals surface area contributed by atoms with Gasteiger partial charge in [-0.3, -0.25) is 9.67 Å². The maximum Gasteiger partial charge on any atom is 0.0641 e. The van der Waals surface area contributed by atoms with E-state index in [-0.39, 0.29) is 17.4 Å². The Hall–Kier alpha value is -1.68. The normalized spacial score (nSPS) is 12.7. The molecule has 0 aromatic carbocycles. The first-order chi connectivity index (χ1) is 10.1. The second-order valence-electron chi connectivity index (χ2n) is 7.81. The monoisotopic (exact) mass is 301 g/mol. The minimum Gasteiger partial charge on any atom is -0.394 e. The van der Waals surface area contributed by atoms with Crippen LogP contribution in [0.25, 0.3) is 11.1 Å². The summed E-state index contributed by atoms with van der Waals surface area (Å²) in [4.78, 5) is 4.96. The smallest absolute Gasteiger partial charge is 0.0641 e. The van der Waals surface area contributed by atoms with Gasteiger partial charge in [0.2, 0.25) is 0 Å². The lowest BCUT2D eigenvalue weighted by Crippen LogP contribution is -2.20. The van der Waals surface area contributed by atoms with E-state index in [0.717, 1.165) is 22.5 Å². The second kappa shape index (κ2) is 5.84. The quantitative estimate of drug-likeness (QED) is 0.943. The summed E-state index contributed by atoms with van der Waals surface area (Å²) < 4.78 is 1.76. The number of rotatable bonds is 3. The minimum absolute atomic E-state index is 0.0274. The van der Waals surface area contributed by atoms with Crippen molar-refractivity contribution < 1.29 is 5.11 Å². The molecule has 0 unspecified atom stereocenters. The van der Waals surface area contributed by atoms with E-state index in [1.807, 2.05) is 12.4 Å². The number of nitrogens with zero attached hydrogens (tertiary/aromatic N) is 3. The molecule has 0 spiro atoms. The van der Waals surface area contributed by atoms with Crippen molar-refractivity contribution in [3.8, 4) is 11.1 Å². The van der Waals surface area contributed by atoms with E-state index < -0.39 is 0 Å². The molecule has 22 heavy (non-hydrogen) atoms. The Balaban J connectivity index is 2.55. The number of hydrogen-bond acceptors (Lipinski definition) is 3. The summed E-state index contributed by atoms with van der Waals surface area (Å²) in [6.07, 6.45) is 3.82. The van der Waals surface area contributed by atoms with Gasteiger partial charge in [0.05, 0.1) is 25.0 Å². The maximum absolute atomic E-state index is 9.04. The van der Waals surface area contributed by atoms with E-state index in [9.17, 15) is 0 Å². The number of pyridine rings is 1. The summed E-state index contributed by atoms with van der Waals surface area (Å²) >= 11 is 0. The maximum atomic E-state index is 9.04. The molecule has 0 aliphatic rings. The van der Waals surface area contributed by atoms with Crippen molar-refractivity contribution in [3.05, 3.63) is 35.9 Å². The number of aliphatic hydroxyl groups excluding tert-OH is 1. The van der Waals surface area contributed by atoms with Gasteiger partial charge in [0.15, 0.2) is 0 Å². The highest BCUT2D eigenvalue weighted by Gasteiger charge is 2.25. The fraction of sp³-hybridized carbons (Fsp3) is 0.556. The Morgan fingerprint density at radius 1 is 1.05 bits per heavy atom. The molecule has 2 aromatic heterocycles. The van der Waals surface area contributed by atoms with Gasteiger partial charge < -0.3 is 5.11 Å². The van der Waals surface area contributed by atoms with Gasteiger partial charge in [-0.15, -0.1) is 0 Å². The molecular weight excluding hydrogens is 274 g/mol. The highest BCUT2D eigenvalue weighted by molar-refractivity contribution is 5.66. The van der Waals surface area contributed by atoms with Gasteiger partial charge in [0, 0.05) is 33.8 Å². The van der Waals surface area contributed by atoms with Gasteiger partial charge in [-0.2, -0.15) is 5.10 Å². The predicted molar refractivity (Wildman–Crippen MR) is 89.9 cm³/mol. The molecule has 2 heterocycles. The number of aromatic nitrogens is 3. The Morgan fingerprint density at radius 3 is 2.27 bits per heavy atom. The third-order valence-electron chi connectivity index (χ3n) is 3.65. The Bertz CT molecular complexity index is 645. The van der Waals surface area contributed by atoms with Crippen molar-refractivity contribution >= 4 is 0 Å². The molecule has 2 aromatic rings. The van der Waals surface area contributed by atoms with E-state index >= 15 is 0 Å². The molecule has 0 atom stereocenters. The van der Waals surface area contributed by atoms with Crippen molar-refractivity contribution in [1.82, 2.24) is 14.8 Å². The topological polar surface area (TPSA) is 50.9 Å². The van der Waals surface area contributed by atoms with Crippen LogP contribution in [0.1, 0.15) is 52.9 Å². The van der Waals surface area contributed by atoms with Crippen molar-refractivity contribution in [1.29, 1.82) is 0 Å². The van der Waals surface area contributed by atoms with Crippen LogP contribution in [0.2, 0.25) is 0 Å². The third kappa shape index (κ3) is 3.55. The van der Waals surface area contributed by atoms with E-state index in [2.05, 4.69) is 58.8 Å². The molecule has 0 bridgehead atoms. The van der Waals surface area contributed by atoms with Gasteiger partial charge in [-0.1, -0.05) is 47.6 Å². The average molecular weight is 301 g/mol. The highest BCUT2D eigenvalue weighted by Crippen LogP contribution is 2.33. The molecule has 0 aliphatic carbocycles. The number of aliphatic hydroxyl groups is 1. The van der Waals surface area contributed by atoms with Crippen LogP contribution in [0, 0.1) is 0 Å². The molecule has 4 heteroatoms. The van der Waals surface area contributed by atoms with Gasteiger partial charge in [-0.25, -0.2) is 0 Å². The molecule has 0 saturated carbocycles. The van der Waals surface area contributed by atoms with Gasteiger partial charge in [0.1, 0.15) is 0 Å². The first-order valence-corrected chi connectivity index (χ1v) is 7.78. The standard InChI is InChI=1S/C18H27N3O/c1-17(2,3)15-8-7-14(16(20-15)18(4,5)6)13-11-19-21(12-13)9-10-22/h7-8,11-12,22H,9-10H2,1-6H3. The van der Waals surface area contributed by atoms with Crippen molar-refractivity contribution in [3.63, 3.8) is 0 Å². The van der Waals surface area contributed by atoms with E-state index in [0.29, 0.717) is 6.54 Å². The zero-order valence-corrected chi connectivity index (χ0v) is 14.5. The second-order valence-corrected chi connectivity index (χ2v) is 7.81. The predicted octanol–water partition coefficient (Wildman–Crippen LogP) is 3.53. The Kier molecular flexibility index (Phi) is 4.43. The first kappa shape index (κ1) is 16.7. The largest absolute Gasteiger partial charge is 0.394 e. The lowest BCUT2D eigenvalue weighted by molar-refractivity contribution is 0.269. The highest BCUT2D eigenvalue weighted by atomic mass is 16.3. The minimum atomic E-state index is -0.0460. The summed E-state index contributed by atoms with van der Waals surface area (Å²) in [6.45, 7) is 13.7. The zero-order chi connectivity index (χ0) is 16.5. The van der Waals surface area contributed by atoms with Gasteiger partial charge in [-0.05, 0) is 6.07 Å². The fourth-order valence-corrected chi connectivity index (χ4v) is 2.41. The van der Waals surface area contributed by atoms with E-state index in [1.54, 1.807) is 4.68 Å². The average Bonchev–Trinajstić information content (AvgIpc) is 2.85. The molecule has 4 nitrogen and oxygen atoms in total. The van der Waals surface area contributed by atoms with Crippen LogP contribution in [0.3, 0.4) is 0 Å². The summed E-state index contributed by atoms with van der Waals surface area (Å²) in [5.41, 5.74) is 4.33. The lowest BCUT2D eigenvalue weighted by Gasteiger charge is -2.25. The molecule has 120 valence electrons. The summed E-state index contributed by atoms with van der Waals surface area (Å²) in [5.74, 6) is 0. The molecule has 2 rings (SSSR count). The van der Waals surface area contributed by atoms with E-state index in [4.69, 9.17) is 10.1 Å². The summed E-state index contributed by atoms with van der Waals surface area (Å²) in [6, 6.07) is 4.25. The molecule has 0 fully saturated rings. The lowest BCUT2D eigenvalue weighted by atomic mass is 9.84. The molecule has 0 amide bonds. The fourth-order valence-electron chi connectivity index (χ4n) is 2.41. The SMILES string of the molecule is CC(C)(C)c1ccc(-c2cnn(CCO)c2)c(C(C)(C)C)n1. The van der Waals surface area contributed by atoms with Crippen LogP contribution in [0.15, 0.2) is 24.5 Å². The van der Waals surface area contributed by atoms with Crippen LogP contribution in [-0.4, -0.2) is 26.5 Å².